The Morgan fingerprint density at radius 1 is 1.50 bits per heavy atom. The highest BCUT2D eigenvalue weighted by atomic mass is 16.4. The van der Waals surface area contributed by atoms with Crippen molar-refractivity contribution >= 4 is 17.8 Å². The van der Waals surface area contributed by atoms with E-state index in [-0.39, 0.29) is 11.8 Å². The van der Waals surface area contributed by atoms with Crippen LogP contribution >= 0.6 is 0 Å². The fourth-order valence-electron chi connectivity index (χ4n) is 1.47. The second kappa shape index (κ2) is 4.96. The van der Waals surface area contributed by atoms with Crippen molar-refractivity contribution in [2.75, 3.05) is 0 Å². The predicted molar refractivity (Wildman–Crippen MR) is 55.6 cm³/mol. The monoisotopic (exact) mass is 228 g/mol. The van der Waals surface area contributed by atoms with E-state index < -0.39 is 24.0 Å². The Balaban J connectivity index is 2.45. The van der Waals surface area contributed by atoms with Crippen molar-refractivity contribution in [1.82, 2.24) is 10.6 Å². The Kier molecular flexibility index (Phi) is 3.87. The zero-order valence-corrected chi connectivity index (χ0v) is 9.32. The number of carbonyl (C=O) groups is 3. The molecule has 0 aromatic rings. The maximum atomic E-state index is 11.6. The number of carboxylic acid groups (broad SMARTS) is 1. The molecule has 16 heavy (non-hydrogen) atoms. The molecule has 3 atom stereocenters. The van der Waals surface area contributed by atoms with Gasteiger partial charge in [-0.15, -0.1) is 0 Å². The van der Waals surface area contributed by atoms with Gasteiger partial charge in [-0.05, 0) is 20.3 Å². The molecular weight excluding hydrogens is 212 g/mol. The first-order valence-corrected chi connectivity index (χ1v) is 5.24. The zero-order chi connectivity index (χ0) is 12.3. The molecule has 0 aliphatic carbocycles. The predicted octanol–water partition coefficient (Wildman–Crippen LogP) is -0.510. The number of carbonyl (C=O) groups excluding carboxylic acids is 2. The van der Waals surface area contributed by atoms with Gasteiger partial charge in [-0.1, -0.05) is 0 Å². The Morgan fingerprint density at radius 3 is 2.56 bits per heavy atom. The van der Waals surface area contributed by atoms with E-state index in [0.717, 1.165) is 0 Å². The quantitative estimate of drug-likeness (QED) is 0.604. The van der Waals surface area contributed by atoms with Crippen LogP contribution in [0.15, 0.2) is 0 Å². The van der Waals surface area contributed by atoms with Crippen LogP contribution in [0, 0.1) is 5.92 Å². The standard InChI is InChI=1S/C10H16N2O4/c1-5(10(15)16)6(2)11-9(14)7-3-4-8(13)12-7/h5-7H,3-4H2,1-2H3,(H,11,14)(H,12,13)(H,15,16). The second-order valence-electron chi connectivity index (χ2n) is 4.08. The summed E-state index contributed by atoms with van der Waals surface area (Å²) in [5.74, 6) is -2.06. The highest BCUT2D eigenvalue weighted by Crippen LogP contribution is 2.08. The first-order valence-electron chi connectivity index (χ1n) is 5.24. The maximum Gasteiger partial charge on any atom is 0.308 e. The molecule has 1 rings (SSSR count). The largest absolute Gasteiger partial charge is 0.481 e. The molecule has 6 heteroatoms. The van der Waals surface area contributed by atoms with Crippen LogP contribution in [-0.4, -0.2) is 35.0 Å². The first kappa shape index (κ1) is 12.5. The number of hydrogen-bond donors (Lipinski definition) is 3. The normalized spacial score (nSPS) is 23.4. The maximum absolute atomic E-state index is 11.6. The van der Waals surface area contributed by atoms with Gasteiger partial charge >= 0.3 is 5.97 Å². The van der Waals surface area contributed by atoms with Crippen LogP contribution in [0.5, 0.6) is 0 Å². The molecule has 0 bridgehead atoms. The van der Waals surface area contributed by atoms with Crippen LogP contribution in [0.4, 0.5) is 0 Å². The molecular formula is C10H16N2O4. The van der Waals surface area contributed by atoms with E-state index >= 15 is 0 Å². The smallest absolute Gasteiger partial charge is 0.308 e. The number of hydrogen-bond acceptors (Lipinski definition) is 3. The molecule has 1 aliphatic rings. The lowest BCUT2D eigenvalue weighted by Crippen LogP contribution is -2.48. The lowest BCUT2D eigenvalue weighted by Gasteiger charge is -2.20. The minimum absolute atomic E-state index is 0.140. The van der Waals surface area contributed by atoms with E-state index in [1.165, 1.54) is 6.92 Å². The van der Waals surface area contributed by atoms with Gasteiger partial charge in [0.25, 0.3) is 0 Å². The number of carboxylic acids is 1. The molecule has 0 aromatic carbocycles. The van der Waals surface area contributed by atoms with Crippen molar-refractivity contribution < 1.29 is 19.5 Å². The molecule has 3 N–H and O–H groups in total. The van der Waals surface area contributed by atoms with Gasteiger partial charge in [0, 0.05) is 12.5 Å². The third-order valence-corrected chi connectivity index (χ3v) is 2.82. The van der Waals surface area contributed by atoms with Crippen molar-refractivity contribution in [3.8, 4) is 0 Å². The van der Waals surface area contributed by atoms with Crippen molar-refractivity contribution in [1.29, 1.82) is 0 Å². The third-order valence-electron chi connectivity index (χ3n) is 2.82. The SMILES string of the molecule is CC(NC(=O)C1CCC(=O)N1)C(C)C(=O)O. The highest BCUT2D eigenvalue weighted by Gasteiger charge is 2.29. The van der Waals surface area contributed by atoms with E-state index in [1.54, 1.807) is 6.92 Å². The van der Waals surface area contributed by atoms with Gasteiger partial charge in [0.15, 0.2) is 0 Å². The molecule has 2 amide bonds. The zero-order valence-electron chi connectivity index (χ0n) is 9.32. The Labute approximate surface area is 93.4 Å². The molecule has 3 unspecified atom stereocenters. The summed E-state index contributed by atoms with van der Waals surface area (Å²) in [5, 5.41) is 13.9. The van der Waals surface area contributed by atoms with Gasteiger partial charge < -0.3 is 15.7 Å². The van der Waals surface area contributed by atoms with Crippen LogP contribution in [0.1, 0.15) is 26.7 Å². The average Bonchev–Trinajstić information content (AvgIpc) is 2.63. The summed E-state index contributed by atoms with van der Waals surface area (Å²) < 4.78 is 0. The van der Waals surface area contributed by atoms with Gasteiger partial charge in [0.2, 0.25) is 11.8 Å². The van der Waals surface area contributed by atoms with Crippen molar-refractivity contribution in [3.63, 3.8) is 0 Å². The fourth-order valence-corrected chi connectivity index (χ4v) is 1.47. The van der Waals surface area contributed by atoms with Crippen LogP contribution in [-0.2, 0) is 14.4 Å². The van der Waals surface area contributed by atoms with Gasteiger partial charge in [0.05, 0.1) is 5.92 Å². The van der Waals surface area contributed by atoms with Crippen molar-refractivity contribution in [2.24, 2.45) is 5.92 Å². The Hall–Kier alpha value is -1.59. The summed E-state index contributed by atoms with van der Waals surface area (Å²) in [4.78, 5) is 33.2. The molecule has 90 valence electrons. The van der Waals surface area contributed by atoms with Crippen LogP contribution in [0.2, 0.25) is 0 Å². The topological polar surface area (TPSA) is 95.5 Å². The molecule has 1 fully saturated rings. The summed E-state index contributed by atoms with van der Waals surface area (Å²) in [6, 6.07) is -0.974. The number of nitrogens with one attached hydrogen (secondary N) is 2. The van der Waals surface area contributed by atoms with Crippen LogP contribution < -0.4 is 10.6 Å². The summed E-state index contributed by atoms with van der Waals surface area (Å²) in [6.07, 6.45) is 0.819. The van der Waals surface area contributed by atoms with E-state index in [9.17, 15) is 14.4 Å². The molecule has 1 saturated heterocycles. The van der Waals surface area contributed by atoms with Gasteiger partial charge in [-0.2, -0.15) is 0 Å². The van der Waals surface area contributed by atoms with Crippen molar-refractivity contribution in [2.45, 2.75) is 38.8 Å². The Morgan fingerprint density at radius 2 is 2.12 bits per heavy atom. The Bertz CT molecular complexity index is 316. The summed E-state index contributed by atoms with van der Waals surface area (Å²) in [5.41, 5.74) is 0. The molecule has 1 aliphatic heterocycles. The molecule has 0 radical (unpaired) electrons. The fraction of sp³-hybridized carbons (Fsp3) is 0.700. The summed E-state index contributed by atoms with van der Waals surface area (Å²) in [7, 11) is 0. The third kappa shape index (κ3) is 2.95. The van der Waals surface area contributed by atoms with Crippen molar-refractivity contribution in [3.05, 3.63) is 0 Å². The summed E-state index contributed by atoms with van der Waals surface area (Å²) in [6.45, 7) is 3.16. The minimum Gasteiger partial charge on any atom is -0.481 e. The van der Waals surface area contributed by atoms with E-state index in [2.05, 4.69) is 10.6 Å². The number of amides is 2. The van der Waals surface area contributed by atoms with Crippen LogP contribution in [0.25, 0.3) is 0 Å². The van der Waals surface area contributed by atoms with Gasteiger partial charge in [0.1, 0.15) is 6.04 Å². The number of rotatable bonds is 4. The highest BCUT2D eigenvalue weighted by molar-refractivity contribution is 5.91. The molecule has 0 spiro atoms. The van der Waals surface area contributed by atoms with Gasteiger partial charge in [-0.3, -0.25) is 14.4 Å². The van der Waals surface area contributed by atoms with Gasteiger partial charge in [-0.25, -0.2) is 0 Å². The molecule has 0 aromatic heterocycles. The number of aliphatic carboxylic acids is 1. The van der Waals surface area contributed by atoms with Crippen LogP contribution in [0.3, 0.4) is 0 Å². The lowest BCUT2D eigenvalue weighted by molar-refractivity contribution is -0.142. The molecule has 1 heterocycles. The molecule has 0 saturated carbocycles. The van der Waals surface area contributed by atoms with E-state index in [1.807, 2.05) is 0 Å². The lowest BCUT2D eigenvalue weighted by atomic mass is 10.0. The summed E-state index contributed by atoms with van der Waals surface area (Å²) >= 11 is 0. The van der Waals surface area contributed by atoms with E-state index in [0.29, 0.717) is 12.8 Å². The first-order chi connectivity index (χ1) is 7.41. The van der Waals surface area contributed by atoms with E-state index in [4.69, 9.17) is 5.11 Å². The minimum atomic E-state index is -0.955. The molecule has 6 nitrogen and oxygen atoms in total. The average molecular weight is 228 g/mol. The second-order valence-corrected chi connectivity index (χ2v) is 4.08.